The molecule has 3 nitrogen and oxygen atoms in total. The molecule has 0 unspecified atom stereocenters. The first-order valence-corrected chi connectivity index (χ1v) is 6.32. The van der Waals surface area contributed by atoms with Crippen LogP contribution in [0.15, 0.2) is 24.3 Å². The summed E-state index contributed by atoms with van der Waals surface area (Å²) < 4.78 is 5.14. The minimum Gasteiger partial charge on any atom is -0.497 e. The van der Waals surface area contributed by atoms with Gasteiger partial charge in [-0.2, -0.15) is 0 Å². The molecule has 0 aliphatic rings. The predicted molar refractivity (Wildman–Crippen MR) is 70.5 cm³/mol. The summed E-state index contributed by atoms with van der Waals surface area (Å²) in [5.41, 5.74) is 7.95. The van der Waals surface area contributed by atoms with E-state index in [-0.39, 0.29) is 0 Å². The van der Waals surface area contributed by atoms with Crippen LogP contribution in [0, 0.1) is 6.92 Å². The molecule has 90 valence electrons. The zero-order valence-electron chi connectivity index (χ0n) is 10.1. The van der Waals surface area contributed by atoms with Crippen molar-refractivity contribution in [2.24, 2.45) is 5.73 Å². The van der Waals surface area contributed by atoms with Crippen molar-refractivity contribution in [3.8, 4) is 5.75 Å². The van der Waals surface area contributed by atoms with E-state index in [1.165, 1.54) is 10.4 Å². The molecule has 0 bridgehead atoms. The van der Waals surface area contributed by atoms with E-state index in [4.69, 9.17) is 10.5 Å². The van der Waals surface area contributed by atoms with Gasteiger partial charge in [0, 0.05) is 17.8 Å². The van der Waals surface area contributed by atoms with Crippen molar-refractivity contribution >= 4 is 11.3 Å². The van der Waals surface area contributed by atoms with E-state index in [1.54, 1.807) is 18.4 Å². The lowest BCUT2D eigenvalue weighted by molar-refractivity contribution is 0.414. The van der Waals surface area contributed by atoms with E-state index in [0.29, 0.717) is 6.54 Å². The molecule has 2 aromatic rings. The van der Waals surface area contributed by atoms with Crippen molar-refractivity contribution in [1.82, 2.24) is 4.98 Å². The Morgan fingerprint density at radius 2 is 2.00 bits per heavy atom. The highest BCUT2D eigenvalue weighted by atomic mass is 32.1. The molecule has 0 atom stereocenters. The Hall–Kier alpha value is -1.39. The highest BCUT2D eigenvalue weighted by Crippen LogP contribution is 2.22. The Morgan fingerprint density at radius 1 is 1.29 bits per heavy atom. The van der Waals surface area contributed by atoms with Gasteiger partial charge in [-0.15, -0.1) is 11.3 Å². The van der Waals surface area contributed by atoms with E-state index >= 15 is 0 Å². The third-order valence-corrected chi connectivity index (χ3v) is 3.82. The summed E-state index contributed by atoms with van der Waals surface area (Å²) in [6.07, 6.45) is 0.910. The lowest BCUT2D eigenvalue weighted by atomic mass is 10.1. The van der Waals surface area contributed by atoms with Crippen LogP contribution in [0.1, 0.15) is 21.1 Å². The van der Waals surface area contributed by atoms with E-state index in [2.05, 4.69) is 17.1 Å². The number of hydrogen-bond acceptors (Lipinski definition) is 4. The molecule has 0 aliphatic carbocycles. The Bertz CT molecular complexity index is 491. The number of thiazole rings is 1. The summed E-state index contributed by atoms with van der Waals surface area (Å²) in [6.45, 7) is 2.56. The van der Waals surface area contributed by atoms with Gasteiger partial charge < -0.3 is 10.5 Å². The molecule has 0 aliphatic heterocycles. The van der Waals surface area contributed by atoms with Gasteiger partial charge in [-0.25, -0.2) is 4.98 Å². The molecule has 0 saturated heterocycles. The monoisotopic (exact) mass is 248 g/mol. The van der Waals surface area contributed by atoms with Crippen LogP contribution >= 0.6 is 11.3 Å². The number of aryl methyl sites for hydroxylation is 1. The number of nitrogens with zero attached hydrogens (tertiary/aromatic N) is 1. The topological polar surface area (TPSA) is 48.1 Å². The second kappa shape index (κ2) is 5.29. The molecular weight excluding hydrogens is 232 g/mol. The molecule has 0 radical (unpaired) electrons. The highest BCUT2D eigenvalue weighted by molar-refractivity contribution is 7.11. The third-order valence-electron chi connectivity index (χ3n) is 2.64. The molecule has 0 amide bonds. The molecule has 0 spiro atoms. The van der Waals surface area contributed by atoms with Crippen LogP contribution < -0.4 is 10.5 Å². The number of hydrogen-bond donors (Lipinski definition) is 1. The molecule has 0 fully saturated rings. The van der Waals surface area contributed by atoms with E-state index in [1.807, 2.05) is 19.1 Å². The second-order valence-electron chi connectivity index (χ2n) is 3.85. The fourth-order valence-corrected chi connectivity index (χ4v) is 2.65. The Labute approximate surface area is 105 Å². The molecule has 4 heteroatoms. The van der Waals surface area contributed by atoms with Crippen molar-refractivity contribution in [3.63, 3.8) is 0 Å². The van der Waals surface area contributed by atoms with Gasteiger partial charge in [-0.05, 0) is 24.6 Å². The number of ether oxygens (including phenoxy) is 1. The maximum atomic E-state index is 5.59. The molecule has 1 aromatic carbocycles. The fraction of sp³-hybridized carbons (Fsp3) is 0.308. The smallest absolute Gasteiger partial charge is 0.118 e. The molecule has 2 rings (SSSR count). The lowest BCUT2D eigenvalue weighted by Gasteiger charge is -2.02. The number of benzene rings is 1. The second-order valence-corrected chi connectivity index (χ2v) is 5.01. The van der Waals surface area contributed by atoms with Gasteiger partial charge in [0.15, 0.2) is 0 Å². The molecule has 0 saturated carbocycles. The lowest BCUT2D eigenvalue weighted by Crippen LogP contribution is -1.94. The zero-order valence-corrected chi connectivity index (χ0v) is 10.9. The summed E-state index contributed by atoms with van der Waals surface area (Å²) in [6, 6.07) is 8.13. The Balaban J connectivity index is 2.16. The van der Waals surface area contributed by atoms with Crippen LogP contribution in [0.5, 0.6) is 5.75 Å². The number of nitrogens with two attached hydrogens (primary N) is 1. The fourth-order valence-electron chi connectivity index (χ4n) is 1.67. The van der Waals surface area contributed by atoms with Crippen LogP contribution in [-0.4, -0.2) is 12.1 Å². The zero-order chi connectivity index (χ0) is 12.3. The highest BCUT2D eigenvalue weighted by Gasteiger charge is 2.07. The average molecular weight is 248 g/mol. The molecule has 1 aromatic heterocycles. The van der Waals surface area contributed by atoms with Gasteiger partial charge in [0.25, 0.3) is 0 Å². The van der Waals surface area contributed by atoms with Crippen LogP contribution in [-0.2, 0) is 13.0 Å². The first-order valence-electron chi connectivity index (χ1n) is 5.51. The van der Waals surface area contributed by atoms with Gasteiger partial charge in [0.1, 0.15) is 10.8 Å². The standard InChI is InChI=1S/C13H16N2OS/c1-9-12(17-13(8-14)15-9)7-10-3-5-11(16-2)6-4-10/h3-6H,7-8,14H2,1-2H3. The minimum atomic E-state index is 0.522. The van der Waals surface area contributed by atoms with E-state index in [9.17, 15) is 0 Å². The van der Waals surface area contributed by atoms with Crippen molar-refractivity contribution in [3.05, 3.63) is 45.4 Å². The summed E-state index contributed by atoms with van der Waals surface area (Å²) in [7, 11) is 1.68. The molecule has 17 heavy (non-hydrogen) atoms. The van der Waals surface area contributed by atoms with Crippen molar-refractivity contribution in [2.45, 2.75) is 19.9 Å². The van der Waals surface area contributed by atoms with Gasteiger partial charge >= 0.3 is 0 Å². The van der Waals surface area contributed by atoms with Gasteiger partial charge in [0.05, 0.1) is 12.8 Å². The summed E-state index contributed by atoms with van der Waals surface area (Å²) in [4.78, 5) is 5.72. The van der Waals surface area contributed by atoms with Gasteiger partial charge in [0.2, 0.25) is 0 Å². The summed E-state index contributed by atoms with van der Waals surface area (Å²) in [5.74, 6) is 0.887. The van der Waals surface area contributed by atoms with Crippen molar-refractivity contribution in [2.75, 3.05) is 7.11 Å². The van der Waals surface area contributed by atoms with Crippen molar-refractivity contribution in [1.29, 1.82) is 0 Å². The maximum absolute atomic E-state index is 5.59. The molecular formula is C13H16N2OS. The van der Waals surface area contributed by atoms with Crippen LogP contribution in [0.25, 0.3) is 0 Å². The van der Waals surface area contributed by atoms with E-state index < -0.39 is 0 Å². The summed E-state index contributed by atoms with van der Waals surface area (Å²) >= 11 is 1.70. The Kier molecular flexibility index (Phi) is 3.76. The van der Waals surface area contributed by atoms with Crippen molar-refractivity contribution < 1.29 is 4.74 Å². The quantitative estimate of drug-likeness (QED) is 0.904. The maximum Gasteiger partial charge on any atom is 0.118 e. The van der Waals surface area contributed by atoms with Gasteiger partial charge in [-0.3, -0.25) is 0 Å². The van der Waals surface area contributed by atoms with E-state index in [0.717, 1.165) is 22.9 Å². The number of rotatable bonds is 4. The first-order chi connectivity index (χ1) is 8.22. The van der Waals surface area contributed by atoms with Crippen LogP contribution in [0.2, 0.25) is 0 Å². The number of methoxy groups -OCH3 is 1. The first kappa shape index (κ1) is 12.1. The molecule has 1 heterocycles. The summed E-state index contributed by atoms with van der Waals surface area (Å²) in [5, 5.41) is 1.01. The predicted octanol–water partition coefficient (Wildman–Crippen LogP) is 2.51. The largest absolute Gasteiger partial charge is 0.497 e. The van der Waals surface area contributed by atoms with Crippen LogP contribution in [0.4, 0.5) is 0 Å². The van der Waals surface area contributed by atoms with Crippen LogP contribution in [0.3, 0.4) is 0 Å². The molecule has 2 N–H and O–H groups in total. The minimum absolute atomic E-state index is 0.522. The van der Waals surface area contributed by atoms with Gasteiger partial charge in [-0.1, -0.05) is 12.1 Å². The Morgan fingerprint density at radius 3 is 2.53 bits per heavy atom. The SMILES string of the molecule is COc1ccc(Cc2sc(CN)nc2C)cc1. The third kappa shape index (κ3) is 2.84. The normalized spacial score (nSPS) is 10.5. The average Bonchev–Trinajstić information content (AvgIpc) is 2.71. The number of aromatic nitrogens is 1.